The molecule has 0 bridgehead atoms. The second-order valence-electron chi connectivity index (χ2n) is 9.25. The summed E-state index contributed by atoms with van der Waals surface area (Å²) in [5.41, 5.74) is 2.44. The molecule has 0 radical (unpaired) electrons. The first-order chi connectivity index (χ1) is 14.3. The number of benzene rings is 2. The fraction of sp³-hybridized carbons (Fsp3) is 0.423. The fourth-order valence-corrected chi connectivity index (χ4v) is 5.58. The molecule has 0 saturated carbocycles. The zero-order valence-electron chi connectivity index (χ0n) is 17.9. The van der Waals surface area contributed by atoms with Crippen LogP contribution in [0, 0.1) is 11.3 Å². The van der Waals surface area contributed by atoms with E-state index in [1.165, 1.54) is 11.1 Å². The number of halogens is 2. The Morgan fingerprint density at radius 2 is 1.87 bits per heavy atom. The Kier molecular flexibility index (Phi) is 6.01. The first-order valence-corrected chi connectivity index (χ1v) is 11.5. The van der Waals surface area contributed by atoms with E-state index in [9.17, 15) is 0 Å². The van der Waals surface area contributed by atoms with Gasteiger partial charge in [0.1, 0.15) is 0 Å². The monoisotopic (exact) mass is 442 g/mol. The van der Waals surface area contributed by atoms with Crippen molar-refractivity contribution in [1.29, 1.82) is 0 Å². The summed E-state index contributed by atoms with van der Waals surface area (Å²) in [5, 5.41) is 1.54. The van der Waals surface area contributed by atoms with Gasteiger partial charge in [0.25, 0.3) is 0 Å². The molecule has 2 aliphatic heterocycles. The highest BCUT2D eigenvalue weighted by Gasteiger charge is 2.57. The first kappa shape index (κ1) is 21.5. The Morgan fingerprint density at radius 3 is 2.50 bits per heavy atom. The SMILES string of the molecule is C=CC[C@@]1(C)C[C@H](c2cccc(Cl)c2)C(c2ccc(Cl)cc2)[N+]2=C1OCC2C(C)C. The van der Waals surface area contributed by atoms with E-state index in [0.717, 1.165) is 35.4 Å². The second kappa shape index (κ2) is 8.40. The van der Waals surface area contributed by atoms with Gasteiger partial charge in [-0.15, -0.1) is 6.58 Å². The van der Waals surface area contributed by atoms with Gasteiger partial charge in [0.15, 0.2) is 18.7 Å². The number of allylic oxidation sites excluding steroid dienone is 1. The zero-order chi connectivity index (χ0) is 21.5. The van der Waals surface area contributed by atoms with E-state index in [4.69, 9.17) is 27.9 Å². The van der Waals surface area contributed by atoms with Crippen LogP contribution >= 0.6 is 23.2 Å². The summed E-state index contributed by atoms with van der Waals surface area (Å²) in [5.74, 6) is 1.87. The van der Waals surface area contributed by atoms with Gasteiger partial charge in [-0.25, -0.2) is 0 Å². The van der Waals surface area contributed by atoms with Crippen LogP contribution in [0.5, 0.6) is 0 Å². The van der Waals surface area contributed by atoms with Crippen molar-refractivity contribution < 1.29 is 9.31 Å². The van der Waals surface area contributed by atoms with Gasteiger partial charge in [-0.05, 0) is 49.6 Å². The van der Waals surface area contributed by atoms with Crippen LogP contribution in [0.25, 0.3) is 0 Å². The summed E-state index contributed by atoms with van der Waals surface area (Å²) >= 11 is 12.7. The van der Waals surface area contributed by atoms with Crippen LogP contribution in [0.3, 0.4) is 0 Å². The summed E-state index contributed by atoms with van der Waals surface area (Å²) < 4.78 is 8.99. The van der Waals surface area contributed by atoms with Crippen LogP contribution in [0.1, 0.15) is 56.7 Å². The molecule has 2 unspecified atom stereocenters. The molecule has 2 aromatic rings. The maximum Gasteiger partial charge on any atom is 0.343 e. The van der Waals surface area contributed by atoms with Crippen molar-refractivity contribution in [2.45, 2.75) is 51.6 Å². The third-order valence-corrected chi connectivity index (χ3v) is 7.19. The van der Waals surface area contributed by atoms with Crippen molar-refractivity contribution in [3.05, 3.63) is 82.4 Å². The smallest absolute Gasteiger partial charge is 0.343 e. The second-order valence-corrected chi connectivity index (χ2v) is 10.1. The van der Waals surface area contributed by atoms with Crippen LogP contribution in [0.2, 0.25) is 10.0 Å². The normalized spacial score (nSPS) is 28.4. The molecule has 158 valence electrons. The zero-order valence-corrected chi connectivity index (χ0v) is 19.5. The van der Waals surface area contributed by atoms with E-state index in [0.29, 0.717) is 12.0 Å². The summed E-state index contributed by atoms with van der Waals surface area (Å²) in [7, 11) is 0. The molecule has 2 nitrogen and oxygen atoms in total. The summed E-state index contributed by atoms with van der Waals surface area (Å²) in [4.78, 5) is 0. The third kappa shape index (κ3) is 3.81. The Balaban J connectivity index is 1.94. The molecular formula is C26H30Cl2NO+. The average Bonchev–Trinajstić information content (AvgIpc) is 3.15. The van der Waals surface area contributed by atoms with Crippen LogP contribution in [-0.4, -0.2) is 23.1 Å². The Bertz CT molecular complexity index is 965. The maximum absolute atomic E-state index is 6.43. The topological polar surface area (TPSA) is 12.2 Å². The van der Waals surface area contributed by atoms with Gasteiger partial charge in [0.2, 0.25) is 0 Å². The molecule has 2 heterocycles. The molecule has 0 aliphatic carbocycles. The molecule has 4 heteroatoms. The van der Waals surface area contributed by atoms with Crippen LogP contribution in [-0.2, 0) is 4.74 Å². The number of rotatable bonds is 5. The van der Waals surface area contributed by atoms with Crippen molar-refractivity contribution in [2.24, 2.45) is 11.3 Å². The van der Waals surface area contributed by atoms with E-state index in [-0.39, 0.29) is 17.4 Å². The van der Waals surface area contributed by atoms with Crippen LogP contribution in [0.15, 0.2) is 61.2 Å². The number of hydrogen-bond acceptors (Lipinski definition) is 1. The molecule has 0 spiro atoms. The quantitative estimate of drug-likeness (QED) is 0.350. The lowest BCUT2D eigenvalue weighted by atomic mass is 9.69. The highest BCUT2D eigenvalue weighted by atomic mass is 35.5. The number of ether oxygens (including phenoxy) is 1. The van der Waals surface area contributed by atoms with Gasteiger partial charge in [0.05, 0.1) is 11.3 Å². The molecular weight excluding hydrogens is 413 g/mol. The summed E-state index contributed by atoms with van der Waals surface area (Å²) in [6, 6.07) is 17.1. The Morgan fingerprint density at radius 1 is 1.13 bits per heavy atom. The van der Waals surface area contributed by atoms with Gasteiger partial charge in [-0.2, -0.15) is 4.58 Å². The predicted molar refractivity (Wildman–Crippen MR) is 126 cm³/mol. The maximum atomic E-state index is 6.43. The van der Waals surface area contributed by atoms with E-state index < -0.39 is 0 Å². The highest BCUT2D eigenvalue weighted by Crippen LogP contribution is 2.51. The molecule has 2 aromatic carbocycles. The summed E-state index contributed by atoms with van der Waals surface area (Å²) in [6.07, 6.45) is 3.88. The van der Waals surface area contributed by atoms with Crippen LogP contribution in [0.4, 0.5) is 0 Å². The molecule has 0 aromatic heterocycles. The molecule has 0 fully saturated rings. The number of hydrogen-bond donors (Lipinski definition) is 0. The largest absolute Gasteiger partial charge is 0.441 e. The van der Waals surface area contributed by atoms with Gasteiger partial charge >= 0.3 is 5.90 Å². The lowest BCUT2D eigenvalue weighted by Crippen LogP contribution is -2.46. The molecule has 2 aliphatic rings. The van der Waals surface area contributed by atoms with Crippen molar-refractivity contribution >= 4 is 29.1 Å². The minimum Gasteiger partial charge on any atom is -0.441 e. The Hall–Kier alpha value is -1.77. The highest BCUT2D eigenvalue weighted by molar-refractivity contribution is 6.30. The van der Waals surface area contributed by atoms with Gasteiger partial charge in [0, 0.05) is 21.5 Å². The summed E-state index contributed by atoms with van der Waals surface area (Å²) in [6.45, 7) is 11.6. The van der Waals surface area contributed by atoms with Crippen molar-refractivity contribution in [3.8, 4) is 0 Å². The van der Waals surface area contributed by atoms with E-state index >= 15 is 0 Å². The molecule has 0 amide bonds. The molecule has 0 N–H and O–H groups in total. The van der Waals surface area contributed by atoms with E-state index in [2.05, 4.69) is 62.3 Å². The fourth-order valence-electron chi connectivity index (χ4n) is 5.26. The minimum atomic E-state index is -0.0959. The lowest BCUT2D eigenvalue weighted by molar-refractivity contribution is -0.616. The van der Waals surface area contributed by atoms with Gasteiger partial charge in [-0.1, -0.05) is 67.4 Å². The first-order valence-electron chi connectivity index (χ1n) is 10.7. The van der Waals surface area contributed by atoms with Gasteiger partial charge < -0.3 is 4.74 Å². The lowest BCUT2D eigenvalue weighted by Gasteiger charge is -2.39. The molecule has 4 atom stereocenters. The van der Waals surface area contributed by atoms with Crippen molar-refractivity contribution in [3.63, 3.8) is 0 Å². The molecule has 0 saturated heterocycles. The van der Waals surface area contributed by atoms with E-state index in [1.807, 2.05) is 24.3 Å². The molecule has 4 rings (SSSR count). The predicted octanol–water partition coefficient (Wildman–Crippen LogP) is 7.27. The van der Waals surface area contributed by atoms with Crippen molar-refractivity contribution in [1.82, 2.24) is 0 Å². The van der Waals surface area contributed by atoms with E-state index in [1.54, 1.807) is 0 Å². The van der Waals surface area contributed by atoms with Gasteiger partial charge in [-0.3, -0.25) is 0 Å². The van der Waals surface area contributed by atoms with Crippen molar-refractivity contribution in [2.75, 3.05) is 6.61 Å². The minimum absolute atomic E-state index is 0.0959. The number of nitrogens with zero attached hydrogens (tertiary/aromatic N) is 1. The Labute approximate surface area is 190 Å². The molecule has 30 heavy (non-hydrogen) atoms. The third-order valence-electron chi connectivity index (χ3n) is 6.70. The standard InChI is InChI=1S/C26H30Cl2NO/c1-5-13-26(4)15-22(19-7-6-8-21(28)14-19)24(18-9-11-20(27)12-10-18)29-23(17(2)3)16-30-25(26)29/h5-12,14,17,22-24H,1,13,15-16H2,2-4H3/q+1/t22-,23?,24?,26+/m1/s1. The van der Waals surface area contributed by atoms with Crippen LogP contribution < -0.4 is 0 Å². The average molecular weight is 443 g/mol.